The Morgan fingerprint density at radius 2 is 1.57 bits per heavy atom. The van der Waals surface area contributed by atoms with Crippen LogP contribution in [0, 0.1) is 0 Å². The number of nitrogens with one attached hydrogen (secondary N) is 1. The molecule has 1 saturated heterocycles. The van der Waals surface area contributed by atoms with Crippen molar-refractivity contribution in [1.82, 2.24) is 14.0 Å². The zero-order valence-electron chi connectivity index (χ0n) is 16.1. The number of sulfonamides is 2. The zero-order chi connectivity index (χ0) is 21.2. The molecule has 0 saturated carbocycles. The van der Waals surface area contributed by atoms with Crippen LogP contribution in [-0.2, 0) is 31.3 Å². The predicted molar refractivity (Wildman–Crippen MR) is 112 cm³/mol. The van der Waals surface area contributed by atoms with Crippen LogP contribution >= 0.6 is 0 Å². The molecule has 2 aromatic carbocycles. The first-order chi connectivity index (χ1) is 14.4. The van der Waals surface area contributed by atoms with E-state index in [9.17, 15) is 16.8 Å². The number of morpholine rings is 1. The van der Waals surface area contributed by atoms with Crippen molar-refractivity contribution >= 4 is 30.9 Å². The summed E-state index contributed by atoms with van der Waals surface area (Å²) in [5.74, 6) is 0. The average molecular weight is 448 g/mol. The number of hydrogen-bond donors (Lipinski definition) is 1. The largest absolute Gasteiger partial charge is 0.379 e. The number of ether oxygens (including phenoxy) is 1. The molecule has 1 aromatic heterocycles. The van der Waals surface area contributed by atoms with Crippen LogP contribution in [0.2, 0.25) is 0 Å². The molecule has 30 heavy (non-hydrogen) atoms. The summed E-state index contributed by atoms with van der Waals surface area (Å²) in [6.07, 6.45) is 1.66. The topological polar surface area (TPSA) is 106 Å². The van der Waals surface area contributed by atoms with Crippen molar-refractivity contribution in [3.8, 4) is 0 Å². The van der Waals surface area contributed by atoms with Gasteiger partial charge in [-0.3, -0.25) is 4.98 Å². The van der Waals surface area contributed by atoms with E-state index in [0.717, 1.165) is 16.5 Å². The molecule has 3 aromatic rings. The molecule has 0 aliphatic carbocycles. The van der Waals surface area contributed by atoms with Crippen molar-refractivity contribution in [1.29, 1.82) is 0 Å². The molecule has 0 bridgehead atoms. The highest BCUT2D eigenvalue weighted by molar-refractivity contribution is 7.89. The van der Waals surface area contributed by atoms with Crippen molar-refractivity contribution in [3.63, 3.8) is 0 Å². The van der Waals surface area contributed by atoms with Crippen LogP contribution < -0.4 is 4.72 Å². The molecule has 8 nitrogen and oxygen atoms in total. The van der Waals surface area contributed by atoms with Crippen molar-refractivity contribution in [3.05, 3.63) is 66.4 Å². The lowest BCUT2D eigenvalue weighted by molar-refractivity contribution is 0.0730. The summed E-state index contributed by atoms with van der Waals surface area (Å²) in [7, 11) is -7.49. The lowest BCUT2D eigenvalue weighted by Crippen LogP contribution is -2.40. The van der Waals surface area contributed by atoms with Crippen LogP contribution in [-0.4, -0.2) is 52.4 Å². The summed E-state index contributed by atoms with van der Waals surface area (Å²) in [4.78, 5) is 4.38. The maximum Gasteiger partial charge on any atom is 0.243 e. The van der Waals surface area contributed by atoms with Gasteiger partial charge in [0.1, 0.15) is 0 Å². The average Bonchev–Trinajstić information content (AvgIpc) is 2.78. The molecule has 0 spiro atoms. The number of para-hydroxylation sites is 1. The SMILES string of the molecule is O=S(=O)(NCc1cccc2cccnc12)c1ccc(S(=O)(=O)N2CCOCC2)cc1. The van der Waals surface area contributed by atoms with Crippen molar-refractivity contribution in [2.75, 3.05) is 26.3 Å². The van der Waals surface area contributed by atoms with Gasteiger partial charge >= 0.3 is 0 Å². The summed E-state index contributed by atoms with van der Waals surface area (Å²) in [6, 6.07) is 14.5. The molecular formula is C20H21N3O5S2. The molecule has 0 unspecified atom stereocenters. The van der Waals surface area contributed by atoms with E-state index in [1.54, 1.807) is 6.20 Å². The highest BCUT2D eigenvalue weighted by atomic mass is 32.2. The molecule has 1 fully saturated rings. The van der Waals surface area contributed by atoms with Crippen LogP contribution in [0.5, 0.6) is 0 Å². The van der Waals surface area contributed by atoms with Crippen LogP contribution in [0.15, 0.2) is 70.6 Å². The van der Waals surface area contributed by atoms with Gasteiger partial charge in [-0.2, -0.15) is 4.31 Å². The fourth-order valence-corrected chi connectivity index (χ4v) is 5.71. The molecule has 4 rings (SSSR count). The molecule has 10 heteroatoms. The summed E-state index contributed by atoms with van der Waals surface area (Å²) in [6.45, 7) is 1.33. The van der Waals surface area contributed by atoms with Crippen LogP contribution in [0.25, 0.3) is 10.9 Å². The van der Waals surface area contributed by atoms with E-state index in [1.165, 1.54) is 28.6 Å². The summed E-state index contributed by atoms with van der Waals surface area (Å²) in [5.41, 5.74) is 1.48. The lowest BCUT2D eigenvalue weighted by atomic mass is 10.1. The first kappa shape index (κ1) is 20.9. The highest BCUT2D eigenvalue weighted by Crippen LogP contribution is 2.20. The molecule has 1 aliphatic rings. The normalized spacial score (nSPS) is 16.0. The number of hydrogen-bond acceptors (Lipinski definition) is 6. The number of nitrogens with zero attached hydrogens (tertiary/aromatic N) is 2. The third-order valence-corrected chi connectivity index (χ3v) is 8.24. The fourth-order valence-electron chi connectivity index (χ4n) is 3.29. The molecule has 2 heterocycles. The Morgan fingerprint density at radius 3 is 2.30 bits per heavy atom. The van der Waals surface area contributed by atoms with Gasteiger partial charge in [0.05, 0.1) is 28.5 Å². The predicted octanol–water partition coefficient (Wildman–Crippen LogP) is 1.73. The third kappa shape index (κ3) is 4.23. The van der Waals surface area contributed by atoms with Gasteiger partial charge in [-0.25, -0.2) is 21.6 Å². The molecular weight excluding hydrogens is 426 g/mol. The second kappa shape index (κ2) is 8.40. The van der Waals surface area contributed by atoms with Gasteiger partial charge < -0.3 is 4.74 Å². The van der Waals surface area contributed by atoms with E-state index in [4.69, 9.17) is 4.74 Å². The van der Waals surface area contributed by atoms with Crippen molar-refractivity contribution in [2.45, 2.75) is 16.3 Å². The molecule has 0 atom stereocenters. The van der Waals surface area contributed by atoms with Crippen molar-refractivity contribution in [2.24, 2.45) is 0 Å². The van der Waals surface area contributed by atoms with E-state index in [2.05, 4.69) is 9.71 Å². The molecule has 1 N–H and O–H groups in total. The van der Waals surface area contributed by atoms with Crippen LogP contribution in [0.3, 0.4) is 0 Å². The van der Waals surface area contributed by atoms with Crippen LogP contribution in [0.1, 0.15) is 5.56 Å². The maximum atomic E-state index is 12.7. The second-order valence-corrected chi connectivity index (χ2v) is 10.5. The second-order valence-electron chi connectivity index (χ2n) is 6.80. The van der Waals surface area contributed by atoms with Gasteiger partial charge in [-0.15, -0.1) is 0 Å². The number of benzene rings is 2. The summed E-state index contributed by atoms with van der Waals surface area (Å²) < 4.78 is 59.8. The Labute approximate surface area is 175 Å². The standard InChI is InChI=1S/C20H21N3O5S2/c24-29(25,22-15-17-4-1-3-16-5-2-10-21-20(16)17)18-6-8-19(9-7-18)30(26,27)23-11-13-28-14-12-23/h1-10,22H,11-15H2. The number of rotatable bonds is 6. The Bertz CT molecular complexity index is 1250. The maximum absolute atomic E-state index is 12.7. The first-order valence-electron chi connectivity index (χ1n) is 9.38. The van der Waals surface area contributed by atoms with Gasteiger partial charge in [-0.05, 0) is 35.9 Å². The quantitative estimate of drug-likeness (QED) is 0.617. The van der Waals surface area contributed by atoms with E-state index in [1.807, 2.05) is 30.3 Å². The first-order valence-corrected chi connectivity index (χ1v) is 12.3. The minimum absolute atomic E-state index is 0.00313. The zero-order valence-corrected chi connectivity index (χ0v) is 17.7. The summed E-state index contributed by atoms with van der Waals surface area (Å²) >= 11 is 0. The Hall–Kier alpha value is -2.37. The molecule has 158 valence electrons. The fraction of sp³-hybridized carbons (Fsp3) is 0.250. The summed E-state index contributed by atoms with van der Waals surface area (Å²) in [5, 5.41) is 0.923. The lowest BCUT2D eigenvalue weighted by Gasteiger charge is -2.26. The van der Waals surface area contributed by atoms with E-state index in [-0.39, 0.29) is 29.4 Å². The monoisotopic (exact) mass is 447 g/mol. The van der Waals surface area contributed by atoms with Crippen molar-refractivity contribution < 1.29 is 21.6 Å². The highest BCUT2D eigenvalue weighted by Gasteiger charge is 2.26. The number of aromatic nitrogens is 1. The molecule has 1 aliphatic heterocycles. The van der Waals surface area contributed by atoms with E-state index < -0.39 is 20.0 Å². The minimum Gasteiger partial charge on any atom is -0.379 e. The van der Waals surface area contributed by atoms with E-state index in [0.29, 0.717) is 13.2 Å². The number of fused-ring (bicyclic) bond motifs is 1. The van der Waals surface area contributed by atoms with Crippen LogP contribution in [0.4, 0.5) is 0 Å². The molecule has 0 radical (unpaired) electrons. The van der Waals surface area contributed by atoms with Gasteiger partial charge in [0.25, 0.3) is 0 Å². The van der Waals surface area contributed by atoms with Gasteiger partial charge in [0.2, 0.25) is 20.0 Å². The minimum atomic E-state index is -3.82. The number of pyridine rings is 1. The Morgan fingerprint density at radius 1 is 0.900 bits per heavy atom. The Balaban J connectivity index is 1.52. The van der Waals surface area contributed by atoms with Gasteiger partial charge in [0.15, 0.2) is 0 Å². The Kier molecular flexibility index (Phi) is 5.85. The smallest absolute Gasteiger partial charge is 0.243 e. The van der Waals surface area contributed by atoms with E-state index >= 15 is 0 Å². The van der Waals surface area contributed by atoms with Gasteiger partial charge in [-0.1, -0.05) is 24.3 Å². The third-order valence-electron chi connectivity index (χ3n) is 4.91. The van der Waals surface area contributed by atoms with Gasteiger partial charge in [0, 0.05) is 31.2 Å². The molecule has 0 amide bonds.